The number of rotatable bonds is 14. The predicted octanol–water partition coefficient (Wildman–Crippen LogP) is 3.69. The summed E-state index contributed by atoms with van der Waals surface area (Å²) in [6.07, 6.45) is 3.99. The zero-order valence-corrected chi connectivity index (χ0v) is 21.3. The van der Waals surface area contributed by atoms with E-state index < -0.39 is 16.6 Å². The summed E-state index contributed by atoms with van der Waals surface area (Å²) in [5.41, 5.74) is 1.44. The number of benzene rings is 1. The van der Waals surface area contributed by atoms with Gasteiger partial charge in [-0.2, -0.15) is 9.97 Å². The molecular weight excluding hydrogens is 480 g/mol. The molecule has 0 spiro atoms. The first-order valence-corrected chi connectivity index (χ1v) is 12.5. The van der Waals surface area contributed by atoms with E-state index in [1.807, 2.05) is 31.2 Å². The molecule has 1 aromatic carbocycles. The lowest BCUT2D eigenvalue weighted by Gasteiger charge is -2.23. The number of anilines is 1. The van der Waals surface area contributed by atoms with Crippen LogP contribution in [0, 0.1) is 10.1 Å². The minimum absolute atomic E-state index is 0.118. The summed E-state index contributed by atoms with van der Waals surface area (Å²) in [5, 5.41) is 18.9. The lowest BCUT2D eigenvalue weighted by molar-refractivity contribution is -0.383. The fourth-order valence-corrected chi connectivity index (χ4v) is 4.11. The number of esters is 1. The summed E-state index contributed by atoms with van der Waals surface area (Å²) in [4.78, 5) is 36.2. The van der Waals surface area contributed by atoms with Gasteiger partial charge in [0, 0.05) is 13.1 Å². The van der Waals surface area contributed by atoms with Crippen LogP contribution < -0.4 is 15.5 Å². The molecule has 2 heterocycles. The van der Waals surface area contributed by atoms with Gasteiger partial charge in [-0.05, 0) is 50.4 Å². The van der Waals surface area contributed by atoms with Crippen LogP contribution in [0.15, 0.2) is 34.6 Å². The van der Waals surface area contributed by atoms with Crippen LogP contribution in [0.3, 0.4) is 0 Å². The summed E-state index contributed by atoms with van der Waals surface area (Å²) in [7, 11) is 0. The molecule has 2 aromatic rings. The largest absolute Gasteiger partial charge is 0.465 e. The normalized spacial score (nSPS) is 13.7. The van der Waals surface area contributed by atoms with Crippen molar-refractivity contribution in [3.05, 3.63) is 45.5 Å². The van der Waals surface area contributed by atoms with Gasteiger partial charge < -0.3 is 20.2 Å². The van der Waals surface area contributed by atoms with Crippen LogP contribution in [-0.2, 0) is 22.6 Å². The first-order chi connectivity index (χ1) is 17.9. The summed E-state index contributed by atoms with van der Waals surface area (Å²) in [6.45, 7) is 6.97. The highest BCUT2D eigenvalue weighted by molar-refractivity contribution is 5.78. The van der Waals surface area contributed by atoms with E-state index >= 15 is 0 Å². The molecule has 0 atom stereocenters. The molecule has 200 valence electrons. The van der Waals surface area contributed by atoms with E-state index in [1.54, 1.807) is 6.92 Å². The standard InChI is InChI=1S/C24H34N8O5/c1-3-5-13-37-24-26-22(28-29-25)21(32(34)35)23(27-24)31(17-20(33)36-4-2)16-19-10-8-9-18(14-19)15-30-11-6-7-12-30/h8-10,14H,3-7,11-13,15-17H2,1-2H3,(H2,25,26,27,28). The van der Waals surface area contributed by atoms with Crippen molar-refractivity contribution in [2.75, 3.05) is 37.7 Å². The number of nitrogens with zero attached hydrogens (tertiary/aromatic N) is 7. The van der Waals surface area contributed by atoms with Crippen molar-refractivity contribution < 1.29 is 19.2 Å². The van der Waals surface area contributed by atoms with Crippen molar-refractivity contribution in [1.29, 1.82) is 0 Å². The fourth-order valence-electron chi connectivity index (χ4n) is 4.11. The molecule has 1 fully saturated rings. The van der Waals surface area contributed by atoms with Crippen LogP contribution in [-0.4, -0.2) is 58.6 Å². The van der Waals surface area contributed by atoms with Crippen LogP contribution in [0.1, 0.15) is 50.7 Å². The van der Waals surface area contributed by atoms with Crippen LogP contribution >= 0.6 is 0 Å². The Morgan fingerprint density at radius 2 is 2.00 bits per heavy atom. The molecule has 1 saturated heterocycles. The zero-order valence-electron chi connectivity index (χ0n) is 21.3. The van der Waals surface area contributed by atoms with Gasteiger partial charge in [-0.1, -0.05) is 42.8 Å². The summed E-state index contributed by atoms with van der Waals surface area (Å²) in [5.74, 6) is 4.15. The highest BCUT2D eigenvalue weighted by Crippen LogP contribution is 2.37. The Hall–Kier alpha value is -3.87. The smallest absolute Gasteiger partial charge is 0.357 e. The highest BCUT2D eigenvalue weighted by Gasteiger charge is 2.31. The topological polar surface area (TPSA) is 162 Å². The minimum Gasteiger partial charge on any atom is -0.465 e. The molecule has 0 saturated carbocycles. The van der Waals surface area contributed by atoms with Crippen LogP contribution in [0.4, 0.5) is 17.3 Å². The molecule has 1 aliphatic rings. The molecule has 1 aliphatic heterocycles. The van der Waals surface area contributed by atoms with Gasteiger partial charge in [-0.3, -0.25) is 19.8 Å². The molecule has 0 bridgehead atoms. The van der Waals surface area contributed by atoms with Crippen LogP contribution in [0.5, 0.6) is 6.01 Å². The Labute approximate surface area is 215 Å². The number of hydrogen-bond donors (Lipinski definition) is 1. The Balaban J connectivity index is 2.01. The van der Waals surface area contributed by atoms with E-state index in [4.69, 9.17) is 15.3 Å². The number of nitro groups is 1. The third-order valence-corrected chi connectivity index (χ3v) is 5.79. The number of nitrogens with two attached hydrogens (primary N) is 1. The predicted molar refractivity (Wildman–Crippen MR) is 136 cm³/mol. The number of aromatic nitrogens is 2. The second-order valence-corrected chi connectivity index (χ2v) is 8.64. The fraction of sp³-hybridized carbons (Fsp3) is 0.542. The molecule has 13 heteroatoms. The first-order valence-electron chi connectivity index (χ1n) is 12.5. The van der Waals surface area contributed by atoms with Crippen molar-refractivity contribution in [3.63, 3.8) is 0 Å². The molecule has 0 amide bonds. The molecule has 0 unspecified atom stereocenters. The number of likely N-dealkylation sites (tertiary alicyclic amines) is 1. The monoisotopic (exact) mass is 514 g/mol. The summed E-state index contributed by atoms with van der Waals surface area (Å²) < 4.78 is 10.8. The Morgan fingerprint density at radius 1 is 1.24 bits per heavy atom. The molecule has 2 N–H and O–H groups in total. The quantitative estimate of drug-likeness (QED) is 0.0982. The molecule has 3 rings (SSSR count). The van der Waals surface area contributed by atoms with Gasteiger partial charge in [0.2, 0.25) is 5.82 Å². The lowest BCUT2D eigenvalue weighted by Crippen LogP contribution is -2.32. The van der Waals surface area contributed by atoms with Gasteiger partial charge in [-0.25, -0.2) is 0 Å². The van der Waals surface area contributed by atoms with Crippen molar-refractivity contribution in [3.8, 4) is 6.01 Å². The third-order valence-electron chi connectivity index (χ3n) is 5.79. The van der Waals surface area contributed by atoms with Gasteiger partial charge >= 0.3 is 17.7 Å². The molecule has 1 aromatic heterocycles. The van der Waals surface area contributed by atoms with E-state index in [9.17, 15) is 14.9 Å². The number of ether oxygens (including phenoxy) is 2. The third kappa shape index (κ3) is 8.07. The van der Waals surface area contributed by atoms with Crippen molar-refractivity contribution in [2.24, 2.45) is 16.2 Å². The zero-order chi connectivity index (χ0) is 26.6. The van der Waals surface area contributed by atoms with Gasteiger partial charge in [0.1, 0.15) is 6.54 Å². The number of hydrogen-bond acceptors (Lipinski definition) is 11. The molecule has 13 nitrogen and oxygen atoms in total. The summed E-state index contributed by atoms with van der Waals surface area (Å²) in [6, 6.07) is 7.79. The second kappa shape index (κ2) is 14.0. The van der Waals surface area contributed by atoms with Gasteiger partial charge in [0.25, 0.3) is 5.82 Å². The van der Waals surface area contributed by atoms with E-state index in [1.165, 1.54) is 17.7 Å². The Bertz CT molecular complexity index is 1090. The Morgan fingerprint density at radius 3 is 2.68 bits per heavy atom. The maximum absolute atomic E-state index is 12.5. The second-order valence-electron chi connectivity index (χ2n) is 8.64. The molecule has 0 aliphatic carbocycles. The minimum atomic E-state index is -0.670. The van der Waals surface area contributed by atoms with E-state index in [0.29, 0.717) is 6.61 Å². The SMILES string of the molecule is CCCCOc1nc(N=NN)c([N+](=O)[O-])c(N(CC(=O)OCC)Cc2cccc(CN3CCCC3)c2)n1. The average Bonchev–Trinajstić information content (AvgIpc) is 3.37. The van der Waals surface area contributed by atoms with Crippen LogP contribution in [0.2, 0.25) is 0 Å². The van der Waals surface area contributed by atoms with E-state index in [-0.39, 0.29) is 37.3 Å². The van der Waals surface area contributed by atoms with E-state index in [2.05, 4.69) is 25.2 Å². The molecular formula is C24H34N8O5. The van der Waals surface area contributed by atoms with Crippen LogP contribution in [0.25, 0.3) is 0 Å². The van der Waals surface area contributed by atoms with Crippen molar-refractivity contribution in [1.82, 2.24) is 14.9 Å². The van der Waals surface area contributed by atoms with Crippen molar-refractivity contribution in [2.45, 2.75) is 52.6 Å². The van der Waals surface area contributed by atoms with Gasteiger partial charge in [0.15, 0.2) is 0 Å². The molecule has 0 radical (unpaired) electrons. The lowest BCUT2D eigenvalue weighted by atomic mass is 10.1. The number of carbonyl (C=O) groups is 1. The van der Waals surface area contributed by atoms with E-state index in [0.717, 1.165) is 43.6 Å². The maximum Gasteiger partial charge on any atom is 0.357 e. The number of carbonyl (C=O) groups excluding carboxylic acids is 1. The average molecular weight is 515 g/mol. The van der Waals surface area contributed by atoms with Gasteiger partial charge in [0.05, 0.1) is 18.1 Å². The highest BCUT2D eigenvalue weighted by atomic mass is 16.6. The summed E-state index contributed by atoms with van der Waals surface area (Å²) >= 11 is 0. The van der Waals surface area contributed by atoms with Gasteiger partial charge in [-0.15, -0.1) is 5.11 Å². The maximum atomic E-state index is 12.5. The number of unbranched alkanes of at least 4 members (excludes halogenated alkanes) is 1. The Kier molecular flexibility index (Phi) is 10.5. The molecule has 37 heavy (non-hydrogen) atoms. The first kappa shape index (κ1) is 27.7. The van der Waals surface area contributed by atoms with Crippen molar-refractivity contribution >= 4 is 23.3 Å².